The number of phenolic OH excluding ortho intramolecular Hbond substituents is 1. The Morgan fingerprint density at radius 2 is 1.22 bits per heavy atom. The summed E-state index contributed by atoms with van der Waals surface area (Å²) in [6.45, 7) is 4.33. The summed E-state index contributed by atoms with van der Waals surface area (Å²) in [4.78, 5) is 0. The van der Waals surface area contributed by atoms with Crippen molar-refractivity contribution in [1.29, 1.82) is 0 Å². The van der Waals surface area contributed by atoms with Crippen LogP contribution >= 0.6 is 0 Å². The summed E-state index contributed by atoms with van der Waals surface area (Å²) >= 11 is 0. The van der Waals surface area contributed by atoms with Gasteiger partial charge in [0.15, 0.2) is 0 Å². The van der Waals surface area contributed by atoms with E-state index in [0.29, 0.717) is 6.61 Å². The SMILES string of the molecule is CC(C)(OCc1ccccc1)Oc1ccc(C=CC(C=Cc2ccccc2)=Cc2ccc(O)cc2)cc1. The number of hydrogen-bond acceptors (Lipinski definition) is 3. The molecule has 0 aliphatic carbocycles. The smallest absolute Gasteiger partial charge is 0.205 e. The van der Waals surface area contributed by atoms with E-state index in [0.717, 1.165) is 33.6 Å². The molecule has 4 aromatic rings. The molecule has 0 bridgehead atoms. The summed E-state index contributed by atoms with van der Waals surface area (Å²) in [5.74, 6) is 0.249. The van der Waals surface area contributed by atoms with Gasteiger partial charge in [-0.05, 0) is 58.2 Å². The average molecular weight is 489 g/mol. The molecule has 37 heavy (non-hydrogen) atoms. The molecule has 0 aliphatic heterocycles. The van der Waals surface area contributed by atoms with Crippen molar-refractivity contribution >= 4 is 18.2 Å². The fourth-order valence-corrected chi connectivity index (χ4v) is 3.66. The Balaban J connectivity index is 1.44. The second-order valence-electron chi connectivity index (χ2n) is 9.16. The summed E-state index contributed by atoms with van der Waals surface area (Å²) in [7, 11) is 0. The molecular weight excluding hydrogens is 456 g/mol. The first-order valence-corrected chi connectivity index (χ1v) is 12.3. The molecule has 3 nitrogen and oxygen atoms in total. The average Bonchev–Trinajstić information content (AvgIpc) is 2.92. The van der Waals surface area contributed by atoms with Gasteiger partial charge in [0.1, 0.15) is 11.5 Å². The van der Waals surface area contributed by atoms with Crippen molar-refractivity contribution in [2.45, 2.75) is 26.2 Å². The topological polar surface area (TPSA) is 38.7 Å². The maximum absolute atomic E-state index is 9.60. The predicted octanol–water partition coefficient (Wildman–Crippen LogP) is 8.53. The van der Waals surface area contributed by atoms with Crippen LogP contribution in [0.25, 0.3) is 18.2 Å². The number of rotatable bonds is 10. The van der Waals surface area contributed by atoms with Gasteiger partial charge in [-0.2, -0.15) is 0 Å². The standard InChI is InChI=1S/C34H32O3/c1-34(2,36-26-31-11-7-4-8-12-31)37-33-23-19-28(20-24-33)14-16-29(15-13-27-9-5-3-6-10-27)25-30-17-21-32(35)22-18-30/h3-25,35H,26H2,1-2H3. The Kier molecular flexibility index (Phi) is 8.75. The first kappa shape index (κ1) is 25.7. The van der Waals surface area contributed by atoms with Crippen LogP contribution in [0.1, 0.15) is 36.1 Å². The van der Waals surface area contributed by atoms with E-state index >= 15 is 0 Å². The molecule has 4 aromatic carbocycles. The lowest BCUT2D eigenvalue weighted by molar-refractivity contribution is -0.164. The fourth-order valence-electron chi connectivity index (χ4n) is 3.66. The monoisotopic (exact) mass is 488 g/mol. The van der Waals surface area contributed by atoms with E-state index in [4.69, 9.17) is 9.47 Å². The Morgan fingerprint density at radius 3 is 1.84 bits per heavy atom. The number of hydrogen-bond donors (Lipinski definition) is 1. The molecule has 0 fully saturated rings. The number of allylic oxidation sites excluding steroid dienone is 3. The van der Waals surface area contributed by atoms with Crippen molar-refractivity contribution in [1.82, 2.24) is 0 Å². The van der Waals surface area contributed by atoms with Crippen molar-refractivity contribution < 1.29 is 14.6 Å². The van der Waals surface area contributed by atoms with E-state index in [2.05, 4.69) is 42.5 Å². The third kappa shape index (κ3) is 8.68. The highest BCUT2D eigenvalue weighted by molar-refractivity contribution is 5.68. The Morgan fingerprint density at radius 1 is 0.676 bits per heavy atom. The quantitative estimate of drug-likeness (QED) is 0.180. The van der Waals surface area contributed by atoms with Crippen LogP contribution in [0.4, 0.5) is 0 Å². The van der Waals surface area contributed by atoms with Gasteiger partial charge in [0.25, 0.3) is 0 Å². The molecule has 186 valence electrons. The van der Waals surface area contributed by atoms with Gasteiger partial charge in [-0.3, -0.25) is 0 Å². The minimum atomic E-state index is -0.755. The highest BCUT2D eigenvalue weighted by atomic mass is 16.7. The second kappa shape index (κ2) is 12.6. The van der Waals surface area contributed by atoms with Gasteiger partial charge in [0.2, 0.25) is 5.79 Å². The summed E-state index contributed by atoms with van der Waals surface area (Å²) in [6, 6.07) is 35.4. The first-order chi connectivity index (χ1) is 17.9. The van der Waals surface area contributed by atoms with E-state index in [1.165, 1.54) is 0 Å². The van der Waals surface area contributed by atoms with Crippen molar-refractivity contribution in [2.75, 3.05) is 0 Å². The van der Waals surface area contributed by atoms with E-state index in [-0.39, 0.29) is 5.75 Å². The van der Waals surface area contributed by atoms with Gasteiger partial charge in [0, 0.05) is 13.8 Å². The van der Waals surface area contributed by atoms with Crippen LogP contribution in [0.2, 0.25) is 0 Å². The Bertz CT molecular complexity index is 1330. The number of ether oxygens (including phenoxy) is 2. The number of phenols is 1. The van der Waals surface area contributed by atoms with E-state index in [1.54, 1.807) is 12.1 Å². The Labute approximate surface area is 219 Å². The molecule has 4 rings (SSSR count). The molecule has 0 amide bonds. The van der Waals surface area contributed by atoms with Crippen LogP contribution < -0.4 is 4.74 Å². The van der Waals surface area contributed by atoms with Crippen molar-refractivity contribution in [3.8, 4) is 11.5 Å². The Hall–Kier alpha value is -4.34. The highest BCUT2D eigenvalue weighted by Gasteiger charge is 2.20. The molecular formula is C34H32O3. The minimum Gasteiger partial charge on any atom is -0.508 e. The van der Waals surface area contributed by atoms with Gasteiger partial charge in [-0.15, -0.1) is 0 Å². The summed E-state index contributed by atoms with van der Waals surface area (Å²) in [5.41, 5.74) is 5.34. The van der Waals surface area contributed by atoms with E-state index in [1.807, 2.05) is 98.8 Å². The second-order valence-corrected chi connectivity index (χ2v) is 9.16. The maximum Gasteiger partial charge on any atom is 0.205 e. The molecule has 0 saturated carbocycles. The molecule has 0 saturated heterocycles. The van der Waals surface area contributed by atoms with E-state index < -0.39 is 5.79 Å². The molecule has 0 aromatic heterocycles. The zero-order valence-electron chi connectivity index (χ0n) is 21.2. The molecule has 1 N–H and O–H groups in total. The normalized spacial score (nSPS) is 12.3. The molecule has 0 radical (unpaired) electrons. The van der Waals surface area contributed by atoms with Gasteiger partial charge in [-0.1, -0.05) is 109 Å². The van der Waals surface area contributed by atoms with Crippen molar-refractivity contribution in [3.05, 3.63) is 149 Å². The molecule has 3 heteroatoms. The summed E-state index contributed by atoms with van der Waals surface area (Å²) in [6.07, 6.45) is 10.4. The lowest BCUT2D eigenvalue weighted by Crippen LogP contribution is -2.31. The van der Waals surface area contributed by atoms with Gasteiger partial charge in [-0.25, -0.2) is 0 Å². The third-order valence-electron chi connectivity index (χ3n) is 5.64. The molecule has 0 spiro atoms. The third-order valence-corrected chi connectivity index (χ3v) is 5.64. The van der Waals surface area contributed by atoms with Gasteiger partial charge in [0.05, 0.1) is 6.61 Å². The van der Waals surface area contributed by atoms with Crippen molar-refractivity contribution in [2.24, 2.45) is 0 Å². The number of aromatic hydroxyl groups is 1. The van der Waals surface area contributed by atoms with Crippen LogP contribution in [0.3, 0.4) is 0 Å². The summed E-state index contributed by atoms with van der Waals surface area (Å²) < 4.78 is 12.1. The van der Waals surface area contributed by atoms with Crippen molar-refractivity contribution in [3.63, 3.8) is 0 Å². The lowest BCUT2D eigenvalue weighted by atomic mass is 10.1. The number of benzene rings is 4. The predicted molar refractivity (Wildman–Crippen MR) is 153 cm³/mol. The van der Waals surface area contributed by atoms with Crippen LogP contribution in [-0.2, 0) is 11.3 Å². The minimum absolute atomic E-state index is 0.255. The van der Waals surface area contributed by atoms with Gasteiger partial charge >= 0.3 is 0 Å². The maximum atomic E-state index is 9.60. The zero-order chi connectivity index (χ0) is 25.9. The van der Waals surface area contributed by atoms with Crippen LogP contribution in [0, 0.1) is 0 Å². The molecule has 0 atom stereocenters. The largest absolute Gasteiger partial charge is 0.508 e. The molecule has 0 unspecified atom stereocenters. The van der Waals surface area contributed by atoms with E-state index in [9.17, 15) is 5.11 Å². The van der Waals surface area contributed by atoms with Gasteiger partial charge < -0.3 is 14.6 Å². The zero-order valence-corrected chi connectivity index (χ0v) is 21.2. The molecule has 0 aliphatic rings. The fraction of sp³-hybridized carbons (Fsp3) is 0.118. The first-order valence-electron chi connectivity index (χ1n) is 12.3. The van der Waals surface area contributed by atoms with Crippen LogP contribution in [0.5, 0.6) is 11.5 Å². The highest BCUT2D eigenvalue weighted by Crippen LogP contribution is 2.22. The van der Waals surface area contributed by atoms with Crippen LogP contribution in [-0.4, -0.2) is 10.9 Å². The summed E-state index contributed by atoms with van der Waals surface area (Å²) in [5, 5.41) is 9.60. The molecule has 0 heterocycles. The lowest BCUT2D eigenvalue weighted by Gasteiger charge is -2.26. The van der Waals surface area contributed by atoms with Crippen LogP contribution in [0.15, 0.2) is 127 Å².